The molecule has 0 bridgehead atoms. The Morgan fingerprint density at radius 2 is 1.64 bits per heavy atom. The number of carbonyl (C=O) groups is 2. The maximum absolute atomic E-state index is 12.5. The van der Waals surface area contributed by atoms with Crippen molar-refractivity contribution in [1.82, 2.24) is 0 Å². The Kier molecular flexibility index (Phi) is 4.36. The standard InChI is InChI=1S/C20H32O5/c1-13-7-20(24-11-17(3,4)12-25-20)9-15-8-19(14(2)21,16(22)23-6)10-18(13,15)5/h13,15H,7-12H2,1-6H3/t13-,15-,18+,19+/m0/s1. The number of hydrogen-bond donors (Lipinski definition) is 0. The quantitative estimate of drug-likeness (QED) is 0.563. The first kappa shape index (κ1) is 18.8. The van der Waals surface area contributed by atoms with Crippen LogP contribution in [0.3, 0.4) is 0 Å². The number of carbonyl (C=O) groups excluding carboxylic acids is 2. The van der Waals surface area contributed by atoms with Gasteiger partial charge < -0.3 is 14.2 Å². The van der Waals surface area contributed by atoms with Crippen molar-refractivity contribution in [2.75, 3.05) is 20.3 Å². The summed E-state index contributed by atoms with van der Waals surface area (Å²) in [7, 11) is 1.37. The van der Waals surface area contributed by atoms with E-state index in [4.69, 9.17) is 14.2 Å². The van der Waals surface area contributed by atoms with Crippen LogP contribution in [-0.4, -0.2) is 37.9 Å². The number of esters is 1. The van der Waals surface area contributed by atoms with Gasteiger partial charge in [-0.05, 0) is 37.0 Å². The highest BCUT2D eigenvalue weighted by atomic mass is 16.7. The molecule has 25 heavy (non-hydrogen) atoms. The molecule has 1 aliphatic heterocycles. The lowest BCUT2D eigenvalue weighted by Gasteiger charge is -2.53. The summed E-state index contributed by atoms with van der Waals surface area (Å²) in [4.78, 5) is 25.0. The van der Waals surface area contributed by atoms with Crippen LogP contribution in [0, 0.1) is 28.1 Å². The summed E-state index contributed by atoms with van der Waals surface area (Å²) in [6.45, 7) is 11.6. The van der Waals surface area contributed by atoms with Crippen molar-refractivity contribution >= 4 is 11.8 Å². The zero-order valence-corrected chi connectivity index (χ0v) is 16.4. The van der Waals surface area contributed by atoms with Gasteiger partial charge in [-0.3, -0.25) is 9.59 Å². The summed E-state index contributed by atoms with van der Waals surface area (Å²) in [5, 5.41) is 0. The van der Waals surface area contributed by atoms with E-state index >= 15 is 0 Å². The van der Waals surface area contributed by atoms with E-state index in [0.29, 0.717) is 32.0 Å². The topological polar surface area (TPSA) is 61.8 Å². The van der Waals surface area contributed by atoms with E-state index in [1.54, 1.807) is 0 Å². The molecule has 1 saturated heterocycles. The second-order valence-electron chi connectivity index (χ2n) is 9.68. The number of ether oxygens (including phenoxy) is 3. The van der Waals surface area contributed by atoms with Crippen molar-refractivity contribution in [3.63, 3.8) is 0 Å². The zero-order valence-electron chi connectivity index (χ0n) is 16.4. The van der Waals surface area contributed by atoms with E-state index in [2.05, 4.69) is 27.7 Å². The van der Waals surface area contributed by atoms with Crippen LogP contribution in [-0.2, 0) is 23.8 Å². The van der Waals surface area contributed by atoms with Crippen LogP contribution in [0.1, 0.15) is 60.3 Å². The van der Waals surface area contributed by atoms with Gasteiger partial charge in [-0.15, -0.1) is 0 Å². The maximum atomic E-state index is 12.5. The minimum absolute atomic E-state index is 0.0279. The first-order chi connectivity index (χ1) is 11.5. The van der Waals surface area contributed by atoms with Crippen LogP contribution in [0.4, 0.5) is 0 Å². The molecule has 2 saturated carbocycles. The Bertz CT molecular complexity index is 573. The molecule has 0 amide bonds. The SMILES string of the molecule is COC(=O)[C@]1(C(C)=O)C[C@H]2CC3(C[C@H](C)[C@@]2(C)C1)OCC(C)(C)CO3. The van der Waals surface area contributed by atoms with Crippen molar-refractivity contribution in [3.05, 3.63) is 0 Å². The number of fused-ring (bicyclic) bond motifs is 1. The molecule has 0 radical (unpaired) electrons. The lowest BCUT2D eigenvalue weighted by Crippen LogP contribution is -2.55. The van der Waals surface area contributed by atoms with Gasteiger partial charge in [0.2, 0.25) is 0 Å². The Morgan fingerprint density at radius 3 is 2.16 bits per heavy atom. The molecule has 0 N–H and O–H groups in total. The highest BCUT2D eigenvalue weighted by Gasteiger charge is 2.65. The van der Waals surface area contributed by atoms with Gasteiger partial charge in [0.25, 0.3) is 0 Å². The second kappa shape index (κ2) is 5.78. The Morgan fingerprint density at radius 1 is 1.04 bits per heavy atom. The van der Waals surface area contributed by atoms with Gasteiger partial charge in [0.05, 0.1) is 20.3 Å². The summed E-state index contributed by atoms with van der Waals surface area (Å²) in [6, 6.07) is 0. The average Bonchev–Trinajstić information content (AvgIpc) is 2.86. The van der Waals surface area contributed by atoms with Gasteiger partial charge in [0.1, 0.15) is 11.2 Å². The zero-order chi connectivity index (χ0) is 18.7. The third kappa shape index (κ3) is 2.84. The minimum atomic E-state index is -1.01. The van der Waals surface area contributed by atoms with Crippen LogP contribution < -0.4 is 0 Å². The van der Waals surface area contributed by atoms with Crippen LogP contribution in [0.2, 0.25) is 0 Å². The number of methoxy groups -OCH3 is 1. The molecule has 2 aliphatic carbocycles. The van der Waals surface area contributed by atoms with Crippen molar-refractivity contribution in [3.8, 4) is 0 Å². The summed E-state index contributed by atoms with van der Waals surface area (Å²) in [5.74, 6) is -0.521. The molecule has 0 aromatic heterocycles. The van der Waals surface area contributed by atoms with Crippen molar-refractivity contribution in [2.45, 2.75) is 66.1 Å². The van der Waals surface area contributed by atoms with Gasteiger partial charge in [-0.25, -0.2) is 0 Å². The van der Waals surface area contributed by atoms with E-state index < -0.39 is 11.2 Å². The second-order valence-corrected chi connectivity index (χ2v) is 9.68. The fourth-order valence-corrected chi connectivity index (χ4v) is 5.30. The number of ketones is 1. The van der Waals surface area contributed by atoms with Gasteiger partial charge >= 0.3 is 5.97 Å². The number of Topliss-reactive ketones (excluding diaryl/α,β-unsaturated/α-hetero) is 1. The highest BCUT2D eigenvalue weighted by Crippen LogP contribution is 2.64. The highest BCUT2D eigenvalue weighted by molar-refractivity contribution is 6.03. The molecular formula is C20H32O5. The molecule has 0 aromatic rings. The molecule has 0 unspecified atom stereocenters. The van der Waals surface area contributed by atoms with Gasteiger partial charge in [0, 0.05) is 18.3 Å². The molecule has 4 atom stereocenters. The summed E-state index contributed by atoms with van der Waals surface area (Å²) in [6.07, 6.45) is 2.66. The van der Waals surface area contributed by atoms with E-state index in [1.165, 1.54) is 14.0 Å². The normalized spacial score (nSPS) is 42.0. The molecule has 3 fully saturated rings. The monoisotopic (exact) mass is 352 g/mol. The van der Waals surface area contributed by atoms with E-state index in [9.17, 15) is 9.59 Å². The van der Waals surface area contributed by atoms with Crippen molar-refractivity contribution < 1.29 is 23.8 Å². The third-order valence-electron chi connectivity index (χ3n) is 7.21. The first-order valence-corrected chi connectivity index (χ1v) is 9.36. The van der Waals surface area contributed by atoms with Gasteiger partial charge in [-0.1, -0.05) is 27.7 Å². The van der Waals surface area contributed by atoms with E-state index in [-0.39, 0.29) is 28.5 Å². The van der Waals surface area contributed by atoms with Crippen LogP contribution in [0.25, 0.3) is 0 Å². The molecule has 1 spiro atoms. The molecule has 142 valence electrons. The minimum Gasteiger partial charge on any atom is -0.468 e. The average molecular weight is 352 g/mol. The Balaban J connectivity index is 1.89. The van der Waals surface area contributed by atoms with E-state index in [0.717, 1.165) is 12.8 Å². The molecule has 5 nitrogen and oxygen atoms in total. The largest absolute Gasteiger partial charge is 0.468 e. The molecular weight excluding hydrogens is 320 g/mol. The molecule has 5 heteroatoms. The number of hydrogen-bond acceptors (Lipinski definition) is 5. The Hall–Kier alpha value is -0.940. The number of rotatable bonds is 2. The van der Waals surface area contributed by atoms with Gasteiger partial charge in [0.15, 0.2) is 5.79 Å². The first-order valence-electron chi connectivity index (χ1n) is 9.36. The fraction of sp³-hybridized carbons (Fsp3) is 0.900. The lowest BCUT2D eigenvalue weighted by molar-refractivity contribution is -0.329. The Labute approximate surface area is 150 Å². The molecule has 3 rings (SSSR count). The maximum Gasteiger partial charge on any atom is 0.319 e. The summed E-state index contributed by atoms with van der Waals surface area (Å²) >= 11 is 0. The predicted molar refractivity (Wildman–Crippen MR) is 92.8 cm³/mol. The third-order valence-corrected chi connectivity index (χ3v) is 7.21. The van der Waals surface area contributed by atoms with E-state index in [1.807, 2.05) is 0 Å². The predicted octanol–water partition coefficient (Wildman–Crippen LogP) is 3.35. The fourth-order valence-electron chi connectivity index (χ4n) is 5.30. The van der Waals surface area contributed by atoms with Crippen LogP contribution in [0.5, 0.6) is 0 Å². The summed E-state index contributed by atoms with van der Waals surface area (Å²) in [5.41, 5.74) is -1.06. The molecule has 0 aromatic carbocycles. The molecule has 1 heterocycles. The van der Waals surface area contributed by atoms with Gasteiger partial charge in [-0.2, -0.15) is 0 Å². The van der Waals surface area contributed by atoms with Crippen LogP contribution >= 0.6 is 0 Å². The van der Waals surface area contributed by atoms with Crippen molar-refractivity contribution in [1.29, 1.82) is 0 Å². The smallest absolute Gasteiger partial charge is 0.319 e. The summed E-state index contributed by atoms with van der Waals surface area (Å²) < 4.78 is 17.5. The van der Waals surface area contributed by atoms with Crippen molar-refractivity contribution in [2.24, 2.45) is 28.1 Å². The lowest BCUT2D eigenvalue weighted by atomic mass is 9.61. The van der Waals surface area contributed by atoms with Crippen LogP contribution in [0.15, 0.2) is 0 Å². The molecule has 3 aliphatic rings.